The molecule has 1 aliphatic carbocycles. The quantitative estimate of drug-likeness (QED) is 0.464. The number of allylic oxidation sites excluding steroid dienone is 11. The molecular formula is C27H25Cl. The van der Waals surface area contributed by atoms with Crippen LogP contribution in [0.4, 0.5) is 0 Å². The number of hydrogen-bond acceptors (Lipinski definition) is 0. The SMILES string of the molecule is C=C/C=C\C1=C(Cl)C(=C\C)/C(=C\C=C/C)C1(c1ccccc1)c1ccccc1. The fourth-order valence-corrected chi connectivity index (χ4v) is 4.41. The Hall–Kier alpha value is -2.83. The smallest absolute Gasteiger partial charge is 0.0722 e. The summed E-state index contributed by atoms with van der Waals surface area (Å²) >= 11 is 7.00. The lowest BCUT2D eigenvalue weighted by atomic mass is 9.66. The van der Waals surface area contributed by atoms with Gasteiger partial charge in [0.1, 0.15) is 0 Å². The zero-order valence-corrected chi connectivity index (χ0v) is 17.2. The fourth-order valence-electron chi connectivity index (χ4n) is 3.99. The predicted molar refractivity (Wildman–Crippen MR) is 123 cm³/mol. The van der Waals surface area contributed by atoms with Crippen LogP contribution in [0.15, 0.2) is 132 Å². The Labute approximate surface area is 173 Å². The summed E-state index contributed by atoms with van der Waals surface area (Å²) in [7, 11) is 0. The molecule has 0 fully saturated rings. The van der Waals surface area contributed by atoms with Gasteiger partial charge < -0.3 is 0 Å². The predicted octanol–water partition coefficient (Wildman–Crippen LogP) is 7.67. The van der Waals surface area contributed by atoms with Gasteiger partial charge in [-0.3, -0.25) is 0 Å². The van der Waals surface area contributed by atoms with Gasteiger partial charge in [0.15, 0.2) is 0 Å². The Morgan fingerprint density at radius 3 is 1.89 bits per heavy atom. The van der Waals surface area contributed by atoms with E-state index >= 15 is 0 Å². The second kappa shape index (κ2) is 8.91. The molecule has 0 saturated carbocycles. The molecule has 1 heteroatoms. The van der Waals surface area contributed by atoms with Crippen molar-refractivity contribution in [1.29, 1.82) is 0 Å². The van der Waals surface area contributed by atoms with Gasteiger partial charge in [0.05, 0.1) is 10.4 Å². The minimum Gasteiger partial charge on any atom is -0.0991 e. The van der Waals surface area contributed by atoms with Gasteiger partial charge in [-0.2, -0.15) is 0 Å². The molecule has 0 atom stereocenters. The highest BCUT2D eigenvalue weighted by atomic mass is 35.5. The van der Waals surface area contributed by atoms with Gasteiger partial charge in [-0.25, -0.2) is 0 Å². The summed E-state index contributed by atoms with van der Waals surface area (Å²) in [6, 6.07) is 21.2. The van der Waals surface area contributed by atoms with Crippen LogP contribution in [0.5, 0.6) is 0 Å². The van der Waals surface area contributed by atoms with Crippen molar-refractivity contribution in [3.8, 4) is 0 Å². The van der Waals surface area contributed by atoms with Crippen molar-refractivity contribution in [2.45, 2.75) is 19.3 Å². The van der Waals surface area contributed by atoms with Gasteiger partial charge in [-0.05, 0) is 41.7 Å². The van der Waals surface area contributed by atoms with E-state index in [1.807, 2.05) is 38.1 Å². The second-order valence-electron chi connectivity index (χ2n) is 6.61. The molecule has 0 aliphatic heterocycles. The maximum atomic E-state index is 7.00. The van der Waals surface area contributed by atoms with Crippen molar-refractivity contribution in [1.82, 2.24) is 0 Å². The van der Waals surface area contributed by atoms with Crippen LogP contribution in [0.2, 0.25) is 0 Å². The van der Waals surface area contributed by atoms with E-state index in [1.165, 1.54) is 16.7 Å². The van der Waals surface area contributed by atoms with Gasteiger partial charge in [0, 0.05) is 0 Å². The van der Waals surface area contributed by atoms with Crippen molar-refractivity contribution in [2.24, 2.45) is 0 Å². The standard InChI is InChI=1S/C27H25Cl/c1-4-7-19-24-23(6-3)26(28)25(20-8-5-2)27(24,21-15-11-9-12-16-21)22-17-13-10-14-18-22/h4-20H,2H2,1,3H3/b7-4-,20-8-,23-6-,24-19+. The molecule has 2 aromatic rings. The van der Waals surface area contributed by atoms with Gasteiger partial charge >= 0.3 is 0 Å². The molecule has 0 unspecified atom stereocenters. The third-order valence-electron chi connectivity index (χ3n) is 5.13. The van der Waals surface area contributed by atoms with E-state index in [0.717, 1.165) is 16.2 Å². The molecule has 0 heterocycles. The van der Waals surface area contributed by atoms with E-state index in [9.17, 15) is 0 Å². The highest BCUT2D eigenvalue weighted by Gasteiger charge is 2.48. The summed E-state index contributed by atoms with van der Waals surface area (Å²) in [6.45, 7) is 7.93. The third kappa shape index (κ3) is 3.25. The van der Waals surface area contributed by atoms with Crippen LogP contribution < -0.4 is 0 Å². The van der Waals surface area contributed by atoms with Crippen LogP contribution in [-0.4, -0.2) is 0 Å². The average Bonchev–Trinajstić information content (AvgIpc) is 2.99. The van der Waals surface area contributed by atoms with Crippen LogP contribution >= 0.6 is 11.6 Å². The first-order valence-corrected chi connectivity index (χ1v) is 9.90. The molecular weight excluding hydrogens is 360 g/mol. The molecule has 0 spiro atoms. The molecule has 0 N–H and O–H groups in total. The summed E-state index contributed by atoms with van der Waals surface area (Å²) in [5, 5.41) is 0.782. The Morgan fingerprint density at radius 2 is 1.43 bits per heavy atom. The van der Waals surface area contributed by atoms with Crippen molar-refractivity contribution in [3.63, 3.8) is 0 Å². The van der Waals surface area contributed by atoms with Crippen LogP contribution in [0.25, 0.3) is 0 Å². The molecule has 0 amide bonds. The van der Waals surface area contributed by atoms with E-state index in [2.05, 4.69) is 79.4 Å². The highest BCUT2D eigenvalue weighted by Crippen LogP contribution is 2.57. The number of rotatable bonds is 5. The lowest BCUT2D eigenvalue weighted by Gasteiger charge is -2.35. The van der Waals surface area contributed by atoms with E-state index in [-0.39, 0.29) is 0 Å². The first-order valence-electron chi connectivity index (χ1n) is 9.52. The van der Waals surface area contributed by atoms with E-state index in [0.29, 0.717) is 0 Å². The third-order valence-corrected chi connectivity index (χ3v) is 5.53. The Kier molecular flexibility index (Phi) is 6.34. The molecule has 0 saturated heterocycles. The molecule has 0 radical (unpaired) electrons. The minimum atomic E-state index is -0.486. The van der Waals surface area contributed by atoms with E-state index < -0.39 is 5.41 Å². The van der Waals surface area contributed by atoms with E-state index in [1.54, 1.807) is 6.08 Å². The first-order chi connectivity index (χ1) is 13.7. The maximum Gasteiger partial charge on any atom is 0.0722 e. The van der Waals surface area contributed by atoms with Gasteiger partial charge in [-0.15, -0.1) is 0 Å². The normalized spacial score (nSPS) is 19.4. The second-order valence-corrected chi connectivity index (χ2v) is 6.99. The zero-order valence-electron chi connectivity index (χ0n) is 16.4. The Morgan fingerprint density at radius 1 is 0.857 bits per heavy atom. The average molecular weight is 385 g/mol. The van der Waals surface area contributed by atoms with E-state index in [4.69, 9.17) is 11.6 Å². The monoisotopic (exact) mass is 384 g/mol. The van der Waals surface area contributed by atoms with Gasteiger partial charge in [0.2, 0.25) is 0 Å². The molecule has 3 rings (SSSR count). The van der Waals surface area contributed by atoms with Crippen molar-refractivity contribution in [2.75, 3.05) is 0 Å². The summed E-state index contributed by atoms with van der Waals surface area (Å²) in [5.41, 5.74) is 5.21. The minimum absolute atomic E-state index is 0.486. The molecule has 140 valence electrons. The van der Waals surface area contributed by atoms with Crippen LogP contribution in [0.1, 0.15) is 25.0 Å². The Bertz CT molecular complexity index is 944. The van der Waals surface area contributed by atoms with Crippen molar-refractivity contribution >= 4 is 11.6 Å². The van der Waals surface area contributed by atoms with Crippen LogP contribution in [-0.2, 0) is 5.41 Å². The molecule has 28 heavy (non-hydrogen) atoms. The van der Waals surface area contributed by atoms with Gasteiger partial charge in [0.25, 0.3) is 0 Å². The number of halogens is 1. The molecule has 0 bridgehead atoms. The summed E-state index contributed by atoms with van der Waals surface area (Å²) in [6.07, 6.45) is 14.3. The maximum absolute atomic E-state index is 7.00. The lowest BCUT2D eigenvalue weighted by molar-refractivity contribution is 0.758. The molecule has 0 nitrogen and oxygen atoms in total. The largest absolute Gasteiger partial charge is 0.0991 e. The van der Waals surface area contributed by atoms with Crippen molar-refractivity contribution < 1.29 is 0 Å². The number of benzene rings is 2. The lowest BCUT2D eigenvalue weighted by Crippen LogP contribution is -2.29. The van der Waals surface area contributed by atoms with Gasteiger partial charge in [-0.1, -0.05) is 121 Å². The zero-order chi connectivity index (χ0) is 20.0. The molecule has 1 aliphatic rings. The fraction of sp³-hybridized carbons (Fsp3) is 0.111. The van der Waals surface area contributed by atoms with Crippen LogP contribution in [0.3, 0.4) is 0 Å². The summed E-state index contributed by atoms with van der Waals surface area (Å²) < 4.78 is 0. The first kappa shape index (κ1) is 19.9. The van der Waals surface area contributed by atoms with Crippen LogP contribution in [0, 0.1) is 0 Å². The highest BCUT2D eigenvalue weighted by molar-refractivity contribution is 6.34. The summed E-state index contributed by atoms with van der Waals surface area (Å²) in [5.74, 6) is 0. The molecule has 2 aromatic carbocycles. The van der Waals surface area contributed by atoms with Crippen molar-refractivity contribution in [3.05, 3.63) is 143 Å². The topological polar surface area (TPSA) is 0 Å². The summed E-state index contributed by atoms with van der Waals surface area (Å²) in [4.78, 5) is 0. The number of hydrogen-bond donors (Lipinski definition) is 0. The Balaban J connectivity index is 2.51. The molecule has 0 aromatic heterocycles.